The summed E-state index contributed by atoms with van der Waals surface area (Å²) in [5.74, 6) is 1.04. The van der Waals surface area contributed by atoms with Crippen molar-refractivity contribution in [3.8, 4) is 0 Å². The van der Waals surface area contributed by atoms with E-state index in [1.165, 1.54) is 12.1 Å². The molecule has 0 unspecified atom stereocenters. The molecule has 0 bridgehead atoms. The van der Waals surface area contributed by atoms with Crippen molar-refractivity contribution >= 4 is 41.4 Å². The Bertz CT molecular complexity index is 494. The number of hydrogen-bond acceptors (Lipinski definition) is 5. The highest BCUT2D eigenvalue weighted by Crippen LogP contribution is 2.17. The fraction of sp³-hybridized carbons (Fsp3) is 0.417. The Balaban J connectivity index is 2.69. The van der Waals surface area contributed by atoms with Gasteiger partial charge in [0.25, 0.3) is 0 Å². The molecule has 0 spiro atoms. The third-order valence-electron chi connectivity index (χ3n) is 2.27. The molecule has 0 amide bonds. The van der Waals surface area contributed by atoms with Gasteiger partial charge in [-0.3, -0.25) is 15.1 Å². The molecule has 0 fully saturated rings. The Hall–Kier alpha value is -1.53. The molecular weight excluding hydrogens is 305 g/mol. The molecule has 0 aliphatic rings. The number of allylic oxidation sites excluding steroid dienone is 1. The second kappa shape index (κ2) is 8.60. The van der Waals surface area contributed by atoms with E-state index >= 15 is 0 Å². The van der Waals surface area contributed by atoms with Crippen LogP contribution in [0.4, 0.5) is 5.88 Å². The molecule has 110 valence electrons. The van der Waals surface area contributed by atoms with Crippen LogP contribution in [-0.4, -0.2) is 41.0 Å². The Morgan fingerprint density at radius 1 is 1.45 bits per heavy atom. The van der Waals surface area contributed by atoms with Gasteiger partial charge in [-0.05, 0) is 24.6 Å². The van der Waals surface area contributed by atoms with Crippen LogP contribution in [-0.2, 0) is 0 Å². The van der Waals surface area contributed by atoms with E-state index in [0.717, 1.165) is 5.57 Å². The molecule has 0 atom stereocenters. The average Bonchev–Trinajstić information content (AvgIpc) is 2.85. The first-order valence-electron chi connectivity index (χ1n) is 5.90. The second-order valence-corrected chi connectivity index (χ2v) is 4.65. The quantitative estimate of drug-likeness (QED) is 0.319. The van der Waals surface area contributed by atoms with E-state index in [-0.39, 0.29) is 5.88 Å². The summed E-state index contributed by atoms with van der Waals surface area (Å²) in [7, 11) is 0. The van der Waals surface area contributed by atoms with E-state index in [4.69, 9.17) is 27.6 Å². The number of rotatable bonds is 8. The van der Waals surface area contributed by atoms with E-state index in [0.29, 0.717) is 30.6 Å². The molecule has 0 saturated heterocycles. The third kappa shape index (κ3) is 5.63. The van der Waals surface area contributed by atoms with Gasteiger partial charge in [0.15, 0.2) is 0 Å². The minimum absolute atomic E-state index is 0.285. The maximum Gasteiger partial charge on any atom is 0.433 e. The van der Waals surface area contributed by atoms with Crippen molar-refractivity contribution in [2.75, 3.05) is 24.8 Å². The lowest BCUT2D eigenvalue weighted by molar-refractivity contribution is -0.402. The average molecular weight is 320 g/mol. The highest BCUT2D eigenvalue weighted by molar-refractivity contribution is 6.18. The van der Waals surface area contributed by atoms with Crippen molar-refractivity contribution in [1.82, 2.24) is 5.01 Å². The van der Waals surface area contributed by atoms with Crippen LogP contribution in [0.1, 0.15) is 12.7 Å². The zero-order valence-corrected chi connectivity index (χ0v) is 12.5. The summed E-state index contributed by atoms with van der Waals surface area (Å²) in [6, 6.07) is 2.84. The van der Waals surface area contributed by atoms with Crippen LogP contribution < -0.4 is 0 Å². The highest BCUT2D eigenvalue weighted by atomic mass is 35.5. The molecule has 0 aromatic carbocycles. The molecule has 1 aromatic heterocycles. The number of nitro groups is 1. The van der Waals surface area contributed by atoms with E-state index in [1.807, 2.05) is 6.92 Å². The lowest BCUT2D eigenvalue weighted by Crippen LogP contribution is -2.22. The SMILES string of the molecule is CC(/C=N/N(CCCl)CCCl)=C\c1ccc([N+](=O)[O-])o1. The minimum atomic E-state index is -0.580. The van der Waals surface area contributed by atoms with Crippen LogP contribution in [0.2, 0.25) is 0 Å². The smallest absolute Gasteiger partial charge is 0.401 e. The molecular formula is C12H15Cl2N3O3. The Morgan fingerprint density at radius 2 is 2.10 bits per heavy atom. The van der Waals surface area contributed by atoms with Gasteiger partial charge >= 0.3 is 5.88 Å². The lowest BCUT2D eigenvalue weighted by Gasteiger charge is -2.15. The third-order valence-corrected chi connectivity index (χ3v) is 2.61. The normalized spacial score (nSPS) is 12.1. The number of hydrazone groups is 1. The zero-order valence-electron chi connectivity index (χ0n) is 11.0. The zero-order chi connectivity index (χ0) is 15.0. The van der Waals surface area contributed by atoms with Gasteiger partial charge in [-0.2, -0.15) is 5.10 Å². The number of hydrogen-bond donors (Lipinski definition) is 0. The van der Waals surface area contributed by atoms with Crippen molar-refractivity contribution in [1.29, 1.82) is 0 Å². The number of alkyl halides is 2. The van der Waals surface area contributed by atoms with Gasteiger partial charge in [-0.15, -0.1) is 23.2 Å². The molecule has 6 nitrogen and oxygen atoms in total. The predicted molar refractivity (Wildman–Crippen MR) is 80.5 cm³/mol. The molecule has 1 rings (SSSR count). The molecule has 0 aliphatic carbocycles. The molecule has 20 heavy (non-hydrogen) atoms. The first kappa shape index (κ1) is 16.5. The standard InChI is InChI=1S/C12H15Cl2N3O3/c1-10(9-15-16(6-4-13)7-5-14)8-11-2-3-12(20-11)17(18)19/h2-3,8-9H,4-7H2,1H3/b10-8+,15-9+. The van der Waals surface area contributed by atoms with E-state index < -0.39 is 4.92 Å². The number of halogens is 2. The van der Waals surface area contributed by atoms with Gasteiger partial charge in [0.2, 0.25) is 0 Å². The van der Waals surface area contributed by atoms with Gasteiger partial charge in [0, 0.05) is 24.8 Å². The van der Waals surface area contributed by atoms with Crippen LogP contribution >= 0.6 is 23.2 Å². The highest BCUT2D eigenvalue weighted by Gasteiger charge is 2.10. The van der Waals surface area contributed by atoms with Crippen molar-refractivity contribution in [3.05, 3.63) is 33.6 Å². The summed E-state index contributed by atoms with van der Waals surface area (Å²) in [6.45, 7) is 3.02. The summed E-state index contributed by atoms with van der Waals surface area (Å²) in [4.78, 5) is 9.91. The Morgan fingerprint density at radius 3 is 2.60 bits per heavy atom. The van der Waals surface area contributed by atoms with Crippen LogP contribution in [0, 0.1) is 10.1 Å². The summed E-state index contributed by atoms with van der Waals surface area (Å²) < 4.78 is 5.02. The fourth-order valence-electron chi connectivity index (χ4n) is 1.37. The fourth-order valence-corrected chi connectivity index (χ4v) is 1.76. The maximum absolute atomic E-state index is 10.5. The Labute approximate surface area is 126 Å². The molecule has 1 heterocycles. The largest absolute Gasteiger partial charge is 0.433 e. The van der Waals surface area contributed by atoms with Gasteiger partial charge in [-0.1, -0.05) is 0 Å². The summed E-state index contributed by atoms with van der Waals surface area (Å²) >= 11 is 11.3. The maximum atomic E-state index is 10.5. The molecule has 1 aromatic rings. The summed E-state index contributed by atoms with van der Waals surface area (Å²) in [6.07, 6.45) is 3.30. The van der Waals surface area contributed by atoms with Crippen LogP contribution in [0.3, 0.4) is 0 Å². The molecule has 0 saturated carbocycles. The van der Waals surface area contributed by atoms with E-state index in [2.05, 4.69) is 5.10 Å². The summed E-state index contributed by atoms with van der Waals surface area (Å²) in [5.41, 5.74) is 0.795. The predicted octanol–water partition coefficient (Wildman–Crippen LogP) is 3.36. The molecule has 8 heteroatoms. The molecule has 0 N–H and O–H groups in total. The van der Waals surface area contributed by atoms with Crippen molar-refractivity contribution in [2.45, 2.75) is 6.92 Å². The number of furan rings is 1. The van der Waals surface area contributed by atoms with E-state index in [9.17, 15) is 10.1 Å². The van der Waals surface area contributed by atoms with Crippen LogP contribution in [0.25, 0.3) is 6.08 Å². The molecule has 0 aliphatic heterocycles. The Kier molecular flexibility index (Phi) is 7.11. The van der Waals surface area contributed by atoms with E-state index in [1.54, 1.807) is 17.3 Å². The van der Waals surface area contributed by atoms with Crippen molar-refractivity contribution in [2.24, 2.45) is 5.10 Å². The first-order valence-corrected chi connectivity index (χ1v) is 6.97. The second-order valence-electron chi connectivity index (χ2n) is 3.90. The monoisotopic (exact) mass is 319 g/mol. The van der Waals surface area contributed by atoms with Gasteiger partial charge in [-0.25, -0.2) is 0 Å². The first-order chi connectivity index (χ1) is 9.56. The summed E-state index contributed by atoms with van der Waals surface area (Å²) in [5, 5.41) is 16.5. The van der Waals surface area contributed by atoms with Crippen LogP contribution in [0.5, 0.6) is 0 Å². The van der Waals surface area contributed by atoms with Crippen LogP contribution in [0.15, 0.2) is 27.2 Å². The topological polar surface area (TPSA) is 71.9 Å². The van der Waals surface area contributed by atoms with Gasteiger partial charge < -0.3 is 4.42 Å². The lowest BCUT2D eigenvalue weighted by atomic mass is 10.3. The minimum Gasteiger partial charge on any atom is -0.401 e. The molecule has 0 radical (unpaired) electrons. The number of nitrogens with zero attached hydrogens (tertiary/aromatic N) is 3. The van der Waals surface area contributed by atoms with Crippen molar-refractivity contribution < 1.29 is 9.34 Å². The van der Waals surface area contributed by atoms with Gasteiger partial charge in [0.1, 0.15) is 10.7 Å². The van der Waals surface area contributed by atoms with Gasteiger partial charge in [0.05, 0.1) is 12.3 Å². The van der Waals surface area contributed by atoms with Crippen molar-refractivity contribution in [3.63, 3.8) is 0 Å².